The zero-order chi connectivity index (χ0) is 13.9. The normalized spacial score (nSPS) is 11.9. The van der Waals surface area contributed by atoms with Crippen molar-refractivity contribution in [3.63, 3.8) is 0 Å². The fourth-order valence-electron chi connectivity index (χ4n) is 1.50. The Bertz CT molecular complexity index is 422. The molecule has 1 heterocycles. The van der Waals surface area contributed by atoms with Gasteiger partial charge in [-0.05, 0) is 18.3 Å². The molecule has 0 spiro atoms. The van der Waals surface area contributed by atoms with E-state index in [1.807, 2.05) is 4.57 Å². The minimum atomic E-state index is -0.462. The number of rotatable bonds is 5. The summed E-state index contributed by atoms with van der Waals surface area (Å²) in [6.45, 7) is 11.5. The van der Waals surface area contributed by atoms with Crippen LogP contribution in [-0.2, 0) is 11.3 Å². The van der Waals surface area contributed by atoms with Gasteiger partial charge >= 0.3 is 5.97 Å². The molecular weight excluding hydrogens is 230 g/mol. The molecule has 0 amide bonds. The number of ether oxygens (including phenoxy) is 1. The van der Waals surface area contributed by atoms with E-state index < -0.39 is 5.97 Å². The summed E-state index contributed by atoms with van der Waals surface area (Å²) < 4.78 is 6.72. The third kappa shape index (κ3) is 3.03. The fourth-order valence-corrected chi connectivity index (χ4v) is 1.50. The first-order valence-electron chi connectivity index (χ1n) is 6.27. The molecular formula is C13H23N3O2. The first-order valence-corrected chi connectivity index (χ1v) is 6.27. The number of nitrogens with zero attached hydrogens (tertiary/aromatic N) is 2. The summed E-state index contributed by atoms with van der Waals surface area (Å²) >= 11 is 0. The molecule has 5 nitrogen and oxygen atoms in total. The number of anilines is 1. The molecule has 0 aliphatic carbocycles. The molecule has 0 unspecified atom stereocenters. The van der Waals surface area contributed by atoms with Crippen molar-refractivity contribution in [1.29, 1.82) is 0 Å². The Morgan fingerprint density at radius 2 is 2.17 bits per heavy atom. The lowest BCUT2D eigenvalue weighted by Crippen LogP contribution is -2.26. The van der Waals surface area contributed by atoms with E-state index >= 15 is 0 Å². The molecule has 102 valence electrons. The van der Waals surface area contributed by atoms with E-state index in [1.54, 1.807) is 13.3 Å². The maximum atomic E-state index is 11.6. The summed E-state index contributed by atoms with van der Waals surface area (Å²) in [6, 6.07) is 0. The third-order valence-corrected chi connectivity index (χ3v) is 3.49. The van der Waals surface area contributed by atoms with Crippen molar-refractivity contribution in [3.05, 3.63) is 12.0 Å². The summed E-state index contributed by atoms with van der Waals surface area (Å²) in [5, 5.41) is 0. The standard InChI is InChI=1S/C13H23N3O2/c1-6-18-12(17)10-11(14)16(8-15-10)7-13(4,5)9(2)3/h8-9H,6-7,14H2,1-5H3. The van der Waals surface area contributed by atoms with Gasteiger partial charge in [0.05, 0.1) is 12.9 Å². The largest absolute Gasteiger partial charge is 0.461 e. The smallest absolute Gasteiger partial charge is 0.360 e. The van der Waals surface area contributed by atoms with Crippen LogP contribution in [-0.4, -0.2) is 22.1 Å². The van der Waals surface area contributed by atoms with Crippen LogP contribution in [0.3, 0.4) is 0 Å². The van der Waals surface area contributed by atoms with Gasteiger partial charge in [0.1, 0.15) is 5.82 Å². The van der Waals surface area contributed by atoms with Crippen molar-refractivity contribution in [2.75, 3.05) is 12.3 Å². The van der Waals surface area contributed by atoms with Crippen molar-refractivity contribution in [2.45, 2.75) is 41.2 Å². The Morgan fingerprint density at radius 3 is 2.67 bits per heavy atom. The van der Waals surface area contributed by atoms with E-state index in [9.17, 15) is 4.79 Å². The van der Waals surface area contributed by atoms with Crippen molar-refractivity contribution in [3.8, 4) is 0 Å². The van der Waals surface area contributed by atoms with Gasteiger partial charge in [-0.2, -0.15) is 0 Å². The van der Waals surface area contributed by atoms with Crippen molar-refractivity contribution < 1.29 is 9.53 Å². The van der Waals surface area contributed by atoms with Crippen LogP contribution in [0.5, 0.6) is 0 Å². The second-order valence-electron chi connectivity index (χ2n) is 5.47. The molecule has 0 atom stereocenters. The van der Waals surface area contributed by atoms with E-state index in [1.165, 1.54) is 0 Å². The molecule has 0 fully saturated rings. The number of carbonyl (C=O) groups excluding carboxylic acids is 1. The van der Waals surface area contributed by atoms with Crippen molar-refractivity contribution in [2.24, 2.45) is 11.3 Å². The molecule has 0 saturated carbocycles. The van der Waals surface area contributed by atoms with Crippen LogP contribution >= 0.6 is 0 Å². The molecule has 1 aromatic heterocycles. The van der Waals surface area contributed by atoms with E-state index in [4.69, 9.17) is 10.5 Å². The topological polar surface area (TPSA) is 70.1 Å². The highest BCUT2D eigenvalue weighted by Gasteiger charge is 2.25. The van der Waals surface area contributed by atoms with Crippen LogP contribution in [0.1, 0.15) is 45.1 Å². The van der Waals surface area contributed by atoms with E-state index in [0.29, 0.717) is 18.3 Å². The highest BCUT2D eigenvalue weighted by atomic mass is 16.5. The van der Waals surface area contributed by atoms with E-state index in [2.05, 4.69) is 32.7 Å². The number of nitrogens with two attached hydrogens (primary N) is 1. The number of carbonyl (C=O) groups is 1. The number of imidazole rings is 1. The number of hydrogen-bond acceptors (Lipinski definition) is 4. The number of hydrogen-bond donors (Lipinski definition) is 1. The molecule has 0 aromatic carbocycles. The van der Waals surface area contributed by atoms with Gasteiger partial charge in [-0.25, -0.2) is 9.78 Å². The van der Waals surface area contributed by atoms with Crippen LogP contribution in [0.4, 0.5) is 5.82 Å². The predicted molar refractivity (Wildman–Crippen MR) is 71.2 cm³/mol. The molecule has 0 radical (unpaired) electrons. The minimum absolute atomic E-state index is 0.0841. The second kappa shape index (κ2) is 5.42. The first kappa shape index (κ1) is 14.5. The van der Waals surface area contributed by atoms with Gasteiger partial charge in [-0.1, -0.05) is 27.7 Å². The van der Waals surface area contributed by atoms with E-state index in [-0.39, 0.29) is 11.1 Å². The van der Waals surface area contributed by atoms with Gasteiger partial charge in [0.15, 0.2) is 5.69 Å². The lowest BCUT2D eigenvalue weighted by molar-refractivity contribution is 0.0521. The second-order valence-corrected chi connectivity index (χ2v) is 5.47. The van der Waals surface area contributed by atoms with Gasteiger partial charge in [-0.15, -0.1) is 0 Å². The molecule has 5 heteroatoms. The number of aromatic nitrogens is 2. The van der Waals surface area contributed by atoms with Gasteiger partial charge < -0.3 is 15.0 Å². The molecule has 1 aromatic rings. The van der Waals surface area contributed by atoms with Crippen LogP contribution in [0.15, 0.2) is 6.33 Å². The highest BCUT2D eigenvalue weighted by molar-refractivity contribution is 5.92. The molecule has 18 heavy (non-hydrogen) atoms. The Balaban J connectivity index is 2.91. The SMILES string of the molecule is CCOC(=O)c1ncn(CC(C)(C)C(C)C)c1N. The zero-order valence-electron chi connectivity index (χ0n) is 11.9. The van der Waals surface area contributed by atoms with Gasteiger partial charge in [0.25, 0.3) is 0 Å². The molecule has 0 bridgehead atoms. The summed E-state index contributed by atoms with van der Waals surface area (Å²) in [5.74, 6) is 0.420. The minimum Gasteiger partial charge on any atom is -0.461 e. The highest BCUT2D eigenvalue weighted by Crippen LogP contribution is 2.29. The fraction of sp³-hybridized carbons (Fsp3) is 0.692. The Kier molecular flexibility index (Phi) is 4.38. The summed E-state index contributed by atoms with van der Waals surface area (Å²) in [6.07, 6.45) is 1.60. The molecule has 0 saturated heterocycles. The first-order chi connectivity index (χ1) is 8.29. The molecule has 1 rings (SSSR count). The lowest BCUT2D eigenvalue weighted by Gasteiger charge is -2.29. The van der Waals surface area contributed by atoms with Gasteiger partial charge in [-0.3, -0.25) is 0 Å². The van der Waals surface area contributed by atoms with Crippen LogP contribution in [0, 0.1) is 11.3 Å². The average Bonchev–Trinajstić information content (AvgIpc) is 2.60. The average molecular weight is 253 g/mol. The summed E-state index contributed by atoms with van der Waals surface area (Å²) in [4.78, 5) is 15.6. The van der Waals surface area contributed by atoms with Crippen LogP contribution in [0.2, 0.25) is 0 Å². The number of esters is 1. The maximum absolute atomic E-state index is 11.6. The quantitative estimate of drug-likeness (QED) is 0.817. The van der Waals surface area contributed by atoms with E-state index in [0.717, 1.165) is 6.54 Å². The Labute approximate surface area is 108 Å². The third-order valence-electron chi connectivity index (χ3n) is 3.49. The van der Waals surface area contributed by atoms with Crippen molar-refractivity contribution >= 4 is 11.8 Å². The Hall–Kier alpha value is -1.52. The zero-order valence-corrected chi connectivity index (χ0v) is 11.9. The summed E-state index contributed by atoms with van der Waals surface area (Å²) in [5.41, 5.74) is 6.23. The Morgan fingerprint density at radius 1 is 1.56 bits per heavy atom. The van der Waals surface area contributed by atoms with Crippen molar-refractivity contribution in [1.82, 2.24) is 9.55 Å². The predicted octanol–water partition coefficient (Wildman–Crippen LogP) is 2.32. The molecule has 0 aliphatic heterocycles. The molecule has 2 N–H and O–H groups in total. The van der Waals surface area contributed by atoms with Crippen LogP contribution < -0.4 is 5.73 Å². The maximum Gasteiger partial charge on any atom is 0.360 e. The van der Waals surface area contributed by atoms with Crippen LogP contribution in [0.25, 0.3) is 0 Å². The lowest BCUT2D eigenvalue weighted by atomic mass is 9.81. The monoisotopic (exact) mass is 253 g/mol. The number of nitrogen functional groups attached to an aromatic ring is 1. The summed E-state index contributed by atoms with van der Waals surface area (Å²) in [7, 11) is 0. The van der Waals surface area contributed by atoms with Gasteiger partial charge in [0.2, 0.25) is 0 Å². The molecule has 0 aliphatic rings. The van der Waals surface area contributed by atoms with Gasteiger partial charge in [0, 0.05) is 6.54 Å².